The standard InChI is InChI=1S/C15H12ClFN2O3/c16-11-6-8-18-14(13(11)17)12(7-9-20)19(15(21)22)10-4-2-1-3-5-10/h1-6,8-9,12H,7H2,(H,21,22)/t12-/m0/s1. The van der Waals surface area contributed by atoms with Gasteiger partial charge in [-0.25, -0.2) is 9.18 Å². The van der Waals surface area contributed by atoms with Crippen LogP contribution in [0.1, 0.15) is 18.2 Å². The first-order chi connectivity index (χ1) is 10.6. The SMILES string of the molecule is O=CC[C@@H](c1nccc(Cl)c1F)N(C(=O)O)c1ccccc1. The van der Waals surface area contributed by atoms with Gasteiger partial charge in [-0.2, -0.15) is 0 Å². The zero-order valence-electron chi connectivity index (χ0n) is 11.3. The molecule has 1 N–H and O–H groups in total. The quantitative estimate of drug-likeness (QED) is 0.852. The van der Waals surface area contributed by atoms with Gasteiger partial charge in [0.05, 0.1) is 11.1 Å². The van der Waals surface area contributed by atoms with Crippen LogP contribution < -0.4 is 4.90 Å². The van der Waals surface area contributed by atoms with Gasteiger partial charge in [-0.05, 0) is 18.2 Å². The summed E-state index contributed by atoms with van der Waals surface area (Å²) in [6.45, 7) is 0. The molecule has 1 amide bonds. The van der Waals surface area contributed by atoms with Crippen LogP contribution >= 0.6 is 11.6 Å². The van der Waals surface area contributed by atoms with Crippen LogP contribution in [0.4, 0.5) is 14.9 Å². The predicted molar refractivity (Wildman–Crippen MR) is 79.6 cm³/mol. The van der Waals surface area contributed by atoms with E-state index in [1.54, 1.807) is 30.3 Å². The third-order valence-corrected chi connectivity index (χ3v) is 3.35. The van der Waals surface area contributed by atoms with E-state index in [2.05, 4.69) is 4.98 Å². The molecule has 0 bridgehead atoms. The molecule has 22 heavy (non-hydrogen) atoms. The first-order valence-electron chi connectivity index (χ1n) is 6.37. The van der Waals surface area contributed by atoms with E-state index in [1.165, 1.54) is 12.3 Å². The first-order valence-corrected chi connectivity index (χ1v) is 6.74. The monoisotopic (exact) mass is 322 g/mol. The number of anilines is 1. The summed E-state index contributed by atoms with van der Waals surface area (Å²) in [5, 5.41) is 9.29. The first kappa shape index (κ1) is 15.9. The number of aromatic nitrogens is 1. The van der Waals surface area contributed by atoms with E-state index in [1.807, 2.05) is 0 Å². The molecule has 2 rings (SSSR count). The van der Waals surface area contributed by atoms with Crippen LogP contribution in [0.2, 0.25) is 5.02 Å². The molecule has 1 aromatic heterocycles. The summed E-state index contributed by atoms with van der Waals surface area (Å²) in [6.07, 6.45) is 0.222. The van der Waals surface area contributed by atoms with Crippen LogP contribution in [0.25, 0.3) is 0 Å². The van der Waals surface area contributed by atoms with E-state index in [0.29, 0.717) is 12.0 Å². The summed E-state index contributed by atoms with van der Waals surface area (Å²) in [4.78, 5) is 27.3. The zero-order valence-corrected chi connectivity index (χ0v) is 12.1. The van der Waals surface area contributed by atoms with Gasteiger partial charge < -0.3 is 9.90 Å². The smallest absolute Gasteiger partial charge is 0.412 e. The van der Waals surface area contributed by atoms with E-state index in [0.717, 1.165) is 4.90 Å². The van der Waals surface area contributed by atoms with Crippen LogP contribution in [-0.2, 0) is 4.79 Å². The van der Waals surface area contributed by atoms with Crippen LogP contribution in [0, 0.1) is 5.82 Å². The fourth-order valence-corrected chi connectivity index (χ4v) is 2.26. The lowest BCUT2D eigenvalue weighted by Crippen LogP contribution is -2.35. The van der Waals surface area contributed by atoms with Gasteiger partial charge in [-0.3, -0.25) is 9.88 Å². The Kier molecular flexibility index (Phi) is 5.06. The number of hydrogen-bond donors (Lipinski definition) is 1. The predicted octanol–water partition coefficient (Wildman–Crippen LogP) is 3.69. The summed E-state index contributed by atoms with van der Waals surface area (Å²) in [6, 6.07) is 8.26. The number of carbonyl (C=O) groups excluding carboxylic acids is 1. The van der Waals surface area contributed by atoms with E-state index in [-0.39, 0.29) is 17.1 Å². The molecule has 1 heterocycles. The summed E-state index contributed by atoms with van der Waals surface area (Å²) < 4.78 is 14.2. The Morgan fingerprint density at radius 3 is 2.64 bits per heavy atom. The van der Waals surface area contributed by atoms with E-state index in [9.17, 15) is 19.1 Å². The minimum Gasteiger partial charge on any atom is -0.465 e. The maximum atomic E-state index is 14.2. The molecular weight excluding hydrogens is 311 g/mol. The molecule has 0 aliphatic rings. The number of rotatable bonds is 5. The number of para-hydroxylation sites is 1. The van der Waals surface area contributed by atoms with Crippen LogP contribution in [0.15, 0.2) is 42.6 Å². The number of nitrogens with zero attached hydrogens (tertiary/aromatic N) is 2. The van der Waals surface area contributed by atoms with Crippen molar-refractivity contribution in [3.8, 4) is 0 Å². The number of amides is 1. The lowest BCUT2D eigenvalue weighted by atomic mass is 10.1. The number of hydrogen-bond acceptors (Lipinski definition) is 3. The molecule has 0 saturated carbocycles. The normalized spacial score (nSPS) is 11.7. The van der Waals surface area contributed by atoms with Gasteiger partial charge in [-0.1, -0.05) is 29.8 Å². The number of pyridine rings is 1. The lowest BCUT2D eigenvalue weighted by molar-refractivity contribution is -0.108. The Bertz CT molecular complexity index is 682. The Morgan fingerprint density at radius 1 is 1.36 bits per heavy atom. The van der Waals surface area contributed by atoms with Gasteiger partial charge in [0.15, 0.2) is 5.82 Å². The number of halogens is 2. The molecule has 0 fully saturated rings. The topological polar surface area (TPSA) is 70.5 Å². The zero-order chi connectivity index (χ0) is 16.1. The average molecular weight is 323 g/mol. The molecule has 0 saturated heterocycles. The summed E-state index contributed by atoms with van der Waals surface area (Å²) >= 11 is 5.72. The average Bonchev–Trinajstić information content (AvgIpc) is 2.50. The second kappa shape index (κ2) is 7.00. The van der Waals surface area contributed by atoms with Crippen LogP contribution in [-0.4, -0.2) is 22.5 Å². The molecule has 1 aromatic carbocycles. The Hall–Kier alpha value is -2.47. The molecule has 0 aliphatic heterocycles. The highest BCUT2D eigenvalue weighted by Crippen LogP contribution is 2.31. The van der Waals surface area contributed by atoms with Crippen molar-refractivity contribution >= 4 is 29.7 Å². The third kappa shape index (κ3) is 3.23. The van der Waals surface area contributed by atoms with E-state index < -0.39 is 18.0 Å². The van der Waals surface area contributed by atoms with Crippen molar-refractivity contribution in [2.24, 2.45) is 0 Å². The summed E-state index contributed by atoms with van der Waals surface area (Å²) in [5.74, 6) is -0.835. The molecular formula is C15H12ClFN2O3. The number of carbonyl (C=O) groups is 2. The van der Waals surface area contributed by atoms with Gasteiger partial charge >= 0.3 is 6.09 Å². The fourth-order valence-electron chi connectivity index (χ4n) is 2.11. The Balaban J connectivity index is 2.55. The van der Waals surface area contributed by atoms with Gasteiger partial charge in [0.2, 0.25) is 0 Å². The molecule has 0 spiro atoms. The number of carboxylic acid groups (broad SMARTS) is 1. The summed E-state index contributed by atoms with van der Waals surface area (Å²) in [7, 11) is 0. The van der Waals surface area contributed by atoms with Gasteiger partial charge in [0.25, 0.3) is 0 Å². The van der Waals surface area contributed by atoms with Crippen LogP contribution in [0.5, 0.6) is 0 Å². The van der Waals surface area contributed by atoms with Crippen molar-refractivity contribution < 1.29 is 19.1 Å². The highest BCUT2D eigenvalue weighted by atomic mass is 35.5. The van der Waals surface area contributed by atoms with Crippen molar-refractivity contribution in [1.29, 1.82) is 0 Å². The third-order valence-electron chi connectivity index (χ3n) is 3.06. The van der Waals surface area contributed by atoms with Crippen molar-refractivity contribution in [3.05, 3.63) is 59.1 Å². The molecule has 0 unspecified atom stereocenters. The lowest BCUT2D eigenvalue weighted by Gasteiger charge is -2.28. The molecule has 0 radical (unpaired) electrons. The van der Waals surface area contributed by atoms with Crippen molar-refractivity contribution in [2.75, 3.05) is 4.90 Å². The molecule has 1 atom stereocenters. The summed E-state index contributed by atoms with van der Waals surface area (Å²) in [5.41, 5.74) is 0.119. The van der Waals surface area contributed by atoms with Crippen molar-refractivity contribution in [1.82, 2.24) is 4.98 Å². The maximum absolute atomic E-state index is 14.2. The second-order valence-corrected chi connectivity index (χ2v) is 4.81. The highest BCUT2D eigenvalue weighted by Gasteiger charge is 2.30. The fraction of sp³-hybridized carbons (Fsp3) is 0.133. The molecule has 2 aromatic rings. The number of aldehydes is 1. The molecule has 5 nitrogen and oxygen atoms in total. The van der Waals surface area contributed by atoms with Crippen molar-refractivity contribution in [2.45, 2.75) is 12.5 Å². The van der Waals surface area contributed by atoms with Gasteiger partial charge in [0.1, 0.15) is 12.0 Å². The Labute approximate surface area is 131 Å². The van der Waals surface area contributed by atoms with Crippen molar-refractivity contribution in [3.63, 3.8) is 0 Å². The maximum Gasteiger partial charge on any atom is 0.412 e. The highest BCUT2D eigenvalue weighted by molar-refractivity contribution is 6.30. The largest absolute Gasteiger partial charge is 0.465 e. The van der Waals surface area contributed by atoms with E-state index in [4.69, 9.17) is 11.6 Å². The number of benzene rings is 1. The minimum absolute atomic E-state index is 0.181. The molecule has 114 valence electrons. The minimum atomic E-state index is -1.32. The van der Waals surface area contributed by atoms with Crippen LogP contribution in [0.3, 0.4) is 0 Å². The van der Waals surface area contributed by atoms with Gasteiger partial charge in [0, 0.05) is 18.3 Å². The van der Waals surface area contributed by atoms with E-state index >= 15 is 0 Å². The second-order valence-electron chi connectivity index (χ2n) is 4.40. The molecule has 7 heteroatoms. The molecule has 0 aliphatic carbocycles. The Morgan fingerprint density at radius 2 is 2.05 bits per heavy atom. The van der Waals surface area contributed by atoms with Gasteiger partial charge in [-0.15, -0.1) is 0 Å².